The highest BCUT2D eigenvalue weighted by Crippen LogP contribution is 2.70. The zero-order valence-corrected chi connectivity index (χ0v) is 41.8. The van der Waals surface area contributed by atoms with E-state index in [2.05, 4.69) is 26.5 Å². The first-order valence-electron chi connectivity index (χ1n) is 26.1. The molecule has 5 heterocycles. The van der Waals surface area contributed by atoms with Crippen molar-refractivity contribution in [2.24, 2.45) is 40.4 Å². The lowest BCUT2D eigenvalue weighted by Gasteiger charge is -2.60. The molecule has 0 aromatic rings. The minimum atomic E-state index is -1.85. The van der Waals surface area contributed by atoms with Crippen LogP contribution in [0.1, 0.15) is 79.1 Å². The van der Waals surface area contributed by atoms with Gasteiger partial charge in [0.2, 0.25) is 0 Å². The van der Waals surface area contributed by atoms with E-state index in [0.29, 0.717) is 24.8 Å². The van der Waals surface area contributed by atoms with E-state index in [1.807, 2.05) is 6.92 Å². The largest absolute Gasteiger partial charge is 0.394 e. The highest BCUT2D eigenvalue weighted by atomic mass is 16.8. The Kier molecular flexibility index (Phi) is 16.7. The van der Waals surface area contributed by atoms with Gasteiger partial charge in [0.15, 0.2) is 30.9 Å². The third-order valence-corrected chi connectivity index (χ3v) is 18.9. The Morgan fingerprint density at radius 1 is 0.712 bits per heavy atom. The summed E-state index contributed by atoms with van der Waals surface area (Å²) in [5, 5.41) is 150. The molecular weight excluding hydrogens is 969 g/mol. The molecule has 5 saturated heterocycles. The lowest BCUT2D eigenvalue weighted by atomic mass is 9.46. The number of hydrogen-bond acceptors (Lipinski definition) is 23. The van der Waals surface area contributed by atoms with Crippen molar-refractivity contribution in [3.63, 3.8) is 0 Å². The maximum atomic E-state index is 12.1. The third-order valence-electron chi connectivity index (χ3n) is 18.9. The number of rotatable bonds is 14. The number of aliphatic hydroxyl groups excluding tert-OH is 13. The number of allylic oxidation sites excluding steroid dienone is 1. The van der Waals surface area contributed by atoms with E-state index < -0.39 is 153 Å². The summed E-state index contributed by atoms with van der Waals surface area (Å²) in [6, 6.07) is 0. The summed E-state index contributed by atoms with van der Waals surface area (Å²) in [5.74, 6) is -1.21. The standard InChI is InChI=1S/C50H80O23/c1-19(17-65-44-39(61)37(59)35(57)29(15-51)68-44)8-11-50(64)20(2)32-28(73-50)14-26-24-7-6-22-12-23(53)13-31(49(22,5)25(24)9-10-48(26,32)4)70-47-43(34(56)27(54)18-66-47)72-46-41(63)42(33(55)21(3)67-46)71-45-40(62)38(60)36(58)30(16-52)69-45/h6,20-21,23-47,51-64H,1,7-18H2,2-5H3/t20-,21-,23+,24+,25-,26-,27-,28-,29+,30+,31+,32-,33-,34-,35+,36+,37-,38-,39+,40+,41+,42+,43+,44+,45-,46-,47-,48-,49-,50?/m0/s1. The van der Waals surface area contributed by atoms with E-state index >= 15 is 0 Å². The lowest BCUT2D eigenvalue weighted by molar-refractivity contribution is -0.381. The molecule has 4 aliphatic carbocycles. The van der Waals surface area contributed by atoms with Crippen LogP contribution in [-0.2, 0) is 42.6 Å². The van der Waals surface area contributed by atoms with Crippen LogP contribution in [0.15, 0.2) is 23.8 Å². The highest BCUT2D eigenvalue weighted by molar-refractivity contribution is 5.29. The van der Waals surface area contributed by atoms with Crippen LogP contribution in [0.25, 0.3) is 0 Å². The Morgan fingerprint density at radius 3 is 2.01 bits per heavy atom. The van der Waals surface area contributed by atoms with E-state index in [1.54, 1.807) is 0 Å². The van der Waals surface area contributed by atoms with Gasteiger partial charge in [-0.1, -0.05) is 44.6 Å². The molecule has 1 unspecified atom stereocenters. The molecule has 0 radical (unpaired) electrons. The first-order chi connectivity index (χ1) is 34.5. The Balaban J connectivity index is 0.866. The first kappa shape index (κ1) is 56.3. The average molecular weight is 1050 g/mol. The fourth-order valence-corrected chi connectivity index (χ4v) is 14.6. The molecule has 0 spiro atoms. The molecule has 0 amide bonds. The van der Waals surface area contributed by atoms with Gasteiger partial charge >= 0.3 is 0 Å². The van der Waals surface area contributed by atoms with Crippen LogP contribution in [0, 0.1) is 40.4 Å². The second-order valence-electron chi connectivity index (χ2n) is 23.0. The molecule has 23 nitrogen and oxygen atoms in total. The van der Waals surface area contributed by atoms with E-state index in [-0.39, 0.29) is 67.2 Å². The summed E-state index contributed by atoms with van der Waals surface area (Å²) in [6.07, 6.45) is -24.3. The Labute approximate surface area is 423 Å². The molecule has 9 aliphatic rings. The van der Waals surface area contributed by atoms with Crippen molar-refractivity contribution in [2.75, 3.05) is 26.4 Å². The van der Waals surface area contributed by atoms with Gasteiger partial charge in [0.05, 0.1) is 50.8 Å². The number of aliphatic hydroxyl groups is 14. The summed E-state index contributed by atoms with van der Waals surface area (Å²) in [7, 11) is 0. The molecule has 9 rings (SSSR count). The van der Waals surface area contributed by atoms with Gasteiger partial charge in [-0.25, -0.2) is 0 Å². The second-order valence-corrected chi connectivity index (χ2v) is 23.0. The molecule has 73 heavy (non-hydrogen) atoms. The minimum Gasteiger partial charge on any atom is -0.394 e. The highest BCUT2D eigenvalue weighted by Gasteiger charge is 2.69. The molecule has 418 valence electrons. The van der Waals surface area contributed by atoms with Gasteiger partial charge in [0.25, 0.3) is 0 Å². The van der Waals surface area contributed by atoms with Crippen LogP contribution in [0.4, 0.5) is 0 Å². The second kappa shape index (κ2) is 21.7. The van der Waals surface area contributed by atoms with Crippen molar-refractivity contribution in [1.29, 1.82) is 0 Å². The predicted molar refractivity (Wildman–Crippen MR) is 246 cm³/mol. The summed E-state index contributed by atoms with van der Waals surface area (Å²) >= 11 is 0. The van der Waals surface area contributed by atoms with Crippen LogP contribution in [0.3, 0.4) is 0 Å². The van der Waals surface area contributed by atoms with E-state index in [9.17, 15) is 71.5 Å². The molecule has 14 N–H and O–H groups in total. The third kappa shape index (κ3) is 9.95. The minimum absolute atomic E-state index is 0.0327. The van der Waals surface area contributed by atoms with Crippen molar-refractivity contribution in [2.45, 2.75) is 220 Å². The van der Waals surface area contributed by atoms with Gasteiger partial charge in [-0.2, -0.15) is 0 Å². The van der Waals surface area contributed by atoms with Gasteiger partial charge in [0, 0.05) is 24.2 Å². The van der Waals surface area contributed by atoms with E-state index in [1.165, 1.54) is 6.92 Å². The van der Waals surface area contributed by atoms with Crippen molar-refractivity contribution >= 4 is 0 Å². The van der Waals surface area contributed by atoms with Gasteiger partial charge in [-0.05, 0) is 74.5 Å². The van der Waals surface area contributed by atoms with E-state index in [0.717, 1.165) is 24.8 Å². The quantitative estimate of drug-likeness (QED) is 0.0752. The summed E-state index contributed by atoms with van der Waals surface area (Å²) in [4.78, 5) is 0. The Bertz CT molecular complexity index is 1950. The topological polar surface area (TPSA) is 366 Å². The molecule has 0 aromatic heterocycles. The van der Waals surface area contributed by atoms with Crippen molar-refractivity contribution in [1.82, 2.24) is 0 Å². The van der Waals surface area contributed by atoms with Gasteiger partial charge < -0.3 is 114 Å². The Hall–Kier alpha value is -1.44. The molecule has 3 saturated carbocycles. The molecular formula is C50H80O23. The van der Waals surface area contributed by atoms with Crippen molar-refractivity contribution in [3.05, 3.63) is 23.8 Å². The fourth-order valence-electron chi connectivity index (χ4n) is 14.6. The molecule has 30 atom stereocenters. The smallest absolute Gasteiger partial charge is 0.187 e. The predicted octanol–water partition coefficient (Wildman–Crippen LogP) is -3.48. The number of ether oxygens (including phenoxy) is 9. The van der Waals surface area contributed by atoms with Crippen molar-refractivity contribution in [3.8, 4) is 0 Å². The molecule has 0 bridgehead atoms. The van der Waals surface area contributed by atoms with Crippen LogP contribution >= 0.6 is 0 Å². The maximum absolute atomic E-state index is 12.1. The summed E-state index contributed by atoms with van der Waals surface area (Å²) in [6.45, 7) is 10.3. The lowest BCUT2D eigenvalue weighted by Crippen LogP contribution is -2.65. The van der Waals surface area contributed by atoms with Crippen molar-refractivity contribution < 1.29 is 114 Å². The molecule has 23 heteroatoms. The van der Waals surface area contributed by atoms with Crippen LogP contribution in [0.2, 0.25) is 0 Å². The molecule has 8 fully saturated rings. The zero-order valence-electron chi connectivity index (χ0n) is 41.8. The number of fused-ring (bicyclic) bond motifs is 7. The summed E-state index contributed by atoms with van der Waals surface area (Å²) < 4.78 is 54.1. The van der Waals surface area contributed by atoms with Crippen LogP contribution < -0.4 is 0 Å². The molecule has 0 aromatic carbocycles. The number of hydrogen-bond donors (Lipinski definition) is 14. The monoisotopic (exact) mass is 1050 g/mol. The van der Waals surface area contributed by atoms with Gasteiger partial charge in [-0.15, -0.1) is 0 Å². The van der Waals surface area contributed by atoms with Gasteiger partial charge in [-0.3, -0.25) is 0 Å². The van der Waals surface area contributed by atoms with Crippen LogP contribution in [0.5, 0.6) is 0 Å². The van der Waals surface area contributed by atoms with E-state index in [4.69, 9.17) is 42.6 Å². The zero-order chi connectivity index (χ0) is 52.8. The summed E-state index contributed by atoms with van der Waals surface area (Å²) in [5.41, 5.74) is 0.794. The van der Waals surface area contributed by atoms with Crippen LogP contribution in [-0.4, -0.2) is 239 Å². The average Bonchev–Trinajstić information content (AvgIpc) is 3.80. The normalized spacial score (nSPS) is 55.0. The SMILES string of the molecule is C=C(CCC1(O)O[C@H]2C[C@H]3[C@@H]4CC=C5C[C@@H](O)C[C@@H](O[C@@H]6OC[C@H](O)[C@H](O)[C@H]6O[C@@H]6O[C@@H](C)[C@H](O)[C@@H](O[C@@H]7O[C@H](CO)[C@@H](O)[C@H](O)[C@H]7O)[C@H]6O)[C@]5(C)[C@H]4CC[C@]3(C)[C@H]2[C@@H]1C)CO[C@@H]1O[C@H](CO)[C@@H](O)[C@H](O)[C@H]1O. The maximum Gasteiger partial charge on any atom is 0.187 e. The first-order valence-corrected chi connectivity index (χ1v) is 26.1. The molecule has 5 aliphatic heterocycles. The Morgan fingerprint density at radius 2 is 1.34 bits per heavy atom. The van der Waals surface area contributed by atoms with Gasteiger partial charge in [0.1, 0.15) is 85.5 Å². The fraction of sp³-hybridized carbons (Fsp3) is 0.920.